The van der Waals surface area contributed by atoms with Crippen LogP contribution in [0.2, 0.25) is 0 Å². The van der Waals surface area contributed by atoms with Crippen molar-refractivity contribution < 1.29 is 13.5 Å². The van der Waals surface area contributed by atoms with Crippen LogP contribution in [0.25, 0.3) is 0 Å². The number of benzene rings is 1. The van der Waals surface area contributed by atoms with Crippen molar-refractivity contribution in [2.45, 2.75) is 97.3 Å². The van der Waals surface area contributed by atoms with Gasteiger partial charge in [0.2, 0.25) is 5.82 Å². The van der Waals surface area contributed by atoms with E-state index in [1.54, 1.807) is 12.1 Å². The van der Waals surface area contributed by atoms with E-state index < -0.39 is 11.6 Å². The summed E-state index contributed by atoms with van der Waals surface area (Å²) in [5.41, 5.74) is 0.503. The molecule has 0 amide bonds. The Kier molecular flexibility index (Phi) is 8.81. The second kappa shape index (κ2) is 11.3. The Hall–Kier alpha value is -1.12. The molecule has 0 N–H and O–H groups in total. The molecule has 1 aromatic rings. The van der Waals surface area contributed by atoms with Crippen molar-refractivity contribution in [3.63, 3.8) is 0 Å². The first-order chi connectivity index (χ1) is 14.1. The quantitative estimate of drug-likeness (QED) is 0.402. The van der Waals surface area contributed by atoms with Crippen molar-refractivity contribution in [1.29, 1.82) is 0 Å². The van der Waals surface area contributed by atoms with Crippen LogP contribution in [0.1, 0.15) is 96.5 Å². The molecule has 0 heterocycles. The average Bonchev–Trinajstić information content (AvgIpc) is 2.75. The van der Waals surface area contributed by atoms with Crippen LogP contribution >= 0.6 is 0 Å². The van der Waals surface area contributed by atoms with Crippen LogP contribution in [0.5, 0.6) is 5.75 Å². The molecule has 1 nitrogen and oxygen atoms in total. The smallest absolute Gasteiger partial charge is 0.200 e. The average molecular weight is 407 g/mol. The highest BCUT2D eigenvalue weighted by Gasteiger charge is 2.30. The monoisotopic (exact) mass is 406 g/mol. The van der Waals surface area contributed by atoms with E-state index in [1.807, 2.05) is 6.92 Å². The normalized spacial score (nSPS) is 27.7. The summed E-state index contributed by atoms with van der Waals surface area (Å²) in [6, 6.07) is 3.30. The van der Waals surface area contributed by atoms with Gasteiger partial charge in [-0.3, -0.25) is 0 Å². The van der Waals surface area contributed by atoms with E-state index >= 15 is 0 Å². The van der Waals surface area contributed by atoms with Crippen LogP contribution in [0.15, 0.2) is 12.1 Å². The molecule has 3 rings (SSSR count). The van der Waals surface area contributed by atoms with Crippen LogP contribution in [0.4, 0.5) is 8.78 Å². The Labute approximate surface area is 176 Å². The molecule has 0 unspecified atom stereocenters. The van der Waals surface area contributed by atoms with Crippen LogP contribution < -0.4 is 4.74 Å². The standard InChI is InChI=1S/C26H40F2O/c1-3-5-19-6-11-21(12-7-19)22-13-8-20(9-14-22)10-15-23-16-17-24(29-18-4-2)26(28)25(23)27/h16-17,19-22H,3-15,18H2,1-2H3. The van der Waals surface area contributed by atoms with Crippen molar-refractivity contribution in [3.05, 3.63) is 29.3 Å². The van der Waals surface area contributed by atoms with Gasteiger partial charge in [-0.05, 0) is 80.2 Å². The molecule has 3 heteroatoms. The Morgan fingerprint density at radius 2 is 1.34 bits per heavy atom. The molecule has 2 aliphatic carbocycles. The first kappa shape index (κ1) is 22.6. The fourth-order valence-corrected chi connectivity index (χ4v) is 5.75. The molecule has 2 saturated carbocycles. The van der Waals surface area contributed by atoms with Gasteiger partial charge in [0.15, 0.2) is 11.6 Å². The van der Waals surface area contributed by atoms with E-state index in [4.69, 9.17) is 4.74 Å². The topological polar surface area (TPSA) is 9.23 Å². The lowest BCUT2D eigenvalue weighted by molar-refractivity contribution is 0.141. The number of hydrogen-bond acceptors (Lipinski definition) is 1. The Morgan fingerprint density at radius 3 is 1.90 bits per heavy atom. The summed E-state index contributed by atoms with van der Waals surface area (Å²) in [7, 11) is 0. The molecule has 0 aromatic heterocycles. The highest BCUT2D eigenvalue weighted by molar-refractivity contribution is 5.31. The van der Waals surface area contributed by atoms with Gasteiger partial charge in [-0.25, -0.2) is 4.39 Å². The first-order valence-electron chi connectivity index (χ1n) is 12.2. The molecule has 1 aromatic carbocycles. The number of rotatable bonds is 9. The molecule has 0 saturated heterocycles. The predicted molar refractivity (Wildman–Crippen MR) is 116 cm³/mol. The summed E-state index contributed by atoms with van der Waals surface area (Å²) in [6.45, 7) is 4.68. The summed E-state index contributed by atoms with van der Waals surface area (Å²) < 4.78 is 33.9. The summed E-state index contributed by atoms with van der Waals surface area (Å²) >= 11 is 0. The van der Waals surface area contributed by atoms with Crippen molar-refractivity contribution in [3.8, 4) is 5.75 Å². The van der Waals surface area contributed by atoms with Gasteiger partial charge >= 0.3 is 0 Å². The van der Waals surface area contributed by atoms with Crippen molar-refractivity contribution in [2.75, 3.05) is 6.61 Å². The summed E-state index contributed by atoms with van der Waals surface area (Å²) in [5.74, 6) is 2.03. The molecule has 164 valence electrons. The first-order valence-corrected chi connectivity index (χ1v) is 12.2. The maximum atomic E-state index is 14.4. The third-order valence-corrected chi connectivity index (χ3v) is 7.56. The van der Waals surface area contributed by atoms with Crippen LogP contribution in [-0.4, -0.2) is 6.61 Å². The molecule has 0 bridgehead atoms. The zero-order chi connectivity index (χ0) is 20.6. The van der Waals surface area contributed by atoms with Crippen LogP contribution in [0.3, 0.4) is 0 Å². The lowest BCUT2D eigenvalue weighted by Gasteiger charge is -2.38. The van der Waals surface area contributed by atoms with E-state index in [2.05, 4.69) is 6.92 Å². The molecule has 2 fully saturated rings. The fraction of sp³-hybridized carbons (Fsp3) is 0.769. The van der Waals surface area contributed by atoms with Gasteiger partial charge in [0, 0.05) is 0 Å². The lowest BCUT2D eigenvalue weighted by atomic mass is 9.68. The molecule has 29 heavy (non-hydrogen) atoms. The van der Waals surface area contributed by atoms with E-state index in [-0.39, 0.29) is 5.75 Å². The van der Waals surface area contributed by atoms with Crippen molar-refractivity contribution in [1.82, 2.24) is 0 Å². The van der Waals surface area contributed by atoms with E-state index in [1.165, 1.54) is 64.2 Å². The van der Waals surface area contributed by atoms with Crippen molar-refractivity contribution >= 4 is 0 Å². The predicted octanol–water partition coefficient (Wildman–Crippen LogP) is 8.10. The van der Waals surface area contributed by atoms with Gasteiger partial charge in [0.05, 0.1) is 6.61 Å². The Balaban J connectivity index is 1.42. The summed E-state index contributed by atoms with van der Waals surface area (Å²) in [5, 5.41) is 0. The van der Waals surface area contributed by atoms with E-state index in [9.17, 15) is 8.78 Å². The highest BCUT2D eigenvalue weighted by Crippen LogP contribution is 2.43. The fourth-order valence-electron chi connectivity index (χ4n) is 5.75. The van der Waals surface area contributed by atoms with Crippen LogP contribution in [-0.2, 0) is 6.42 Å². The SMILES string of the molecule is CCCOc1ccc(CCC2CCC(C3CCC(CCC)CC3)CC2)c(F)c1F. The maximum absolute atomic E-state index is 14.4. The minimum Gasteiger partial charge on any atom is -0.490 e. The molecular weight excluding hydrogens is 366 g/mol. The maximum Gasteiger partial charge on any atom is 0.200 e. The minimum atomic E-state index is -0.821. The number of ether oxygens (including phenoxy) is 1. The largest absolute Gasteiger partial charge is 0.490 e. The highest BCUT2D eigenvalue weighted by atomic mass is 19.2. The summed E-state index contributed by atoms with van der Waals surface area (Å²) in [4.78, 5) is 0. The van der Waals surface area contributed by atoms with Gasteiger partial charge in [-0.15, -0.1) is 0 Å². The third kappa shape index (κ3) is 6.18. The van der Waals surface area contributed by atoms with Crippen LogP contribution in [0, 0.1) is 35.3 Å². The third-order valence-electron chi connectivity index (χ3n) is 7.56. The van der Waals surface area contributed by atoms with E-state index in [0.29, 0.717) is 24.5 Å². The Morgan fingerprint density at radius 1 is 0.759 bits per heavy atom. The number of aryl methyl sites for hydroxylation is 1. The van der Waals surface area contributed by atoms with Gasteiger partial charge in [0.1, 0.15) is 0 Å². The zero-order valence-corrected chi connectivity index (χ0v) is 18.5. The second-order valence-electron chi connectivity index (χ2n) is 9.59. The van der Waals surface area contributed by atoms with E-state index in [0.717, 1.165) is 30.6 Å². The second-order valence-corrected chi connectivity index (χ2v) is 9.59. The summed E-state index contributed by atoms with van der Waals surface area (Å²) in [6.07, 6.45) is 16.1. The minimum absolute atomic E-state index is 0.0438. The zero-order valence-electron chi connectivity index (χ0n) is 18.5. The number of hydrogen-bond donors (Lipinski definition) is 0. The van der Waals surface area contributed by atoms with Gasteiger partial charge in [-0.1, -0.05) is 58.4 Å². The molecule has 2 aliphatic rings. The van der Waals surface area contributed by atoms with Crippen molar-refractivity contribution in [2.24, 2.45) is 23.7 Å². The van der Waals surface area contributed by atoms with Gasteiger partial charge in [0.25, 0.3) is 0 Å². The lowest BCUT2D eigenvalue weighted by Crippen LogP contribution is -2.26. The van der Waals surface area contributed by atoms with Gasteiger partial charge < -0.3 is 4.74 Å². The molecule has 0 radical (unpaired) electrons. The molecular formula is C26H40F2O. The van der Waals surface area contributed by atoms with Gasteiger partial charge in [-0.2, -0.15) is 4.39 Å². The molecule has 0 atom stereocenters. The Bertz CT molecular complexity index is 613. The number of halogens is 2. The molecule has 0 spiro atoms. The molecule has 0 aliphatic heterocycles.